The number of urea groups is 1. The number of carbonyl (C=O) groups is 1. The molecule has 328 valence electrons. The van der Waals surface area contributed by atoms with Crippen molar-refractivity contribution in [2.24, 2.45) is 23.7 Å². The highest BCUT2D eigenvalue weighted by molar-refractivity contribution is 5.75. The van der Waals surface area contributed by atoms with Crippen LogP contribution in [0, 0.1) is 23.7 Å². The minimum atomic E-state index is -0.490. The van der Waals surface area contributed by atoms with Crippen LogP contribution in [0.2, 0.25) is 0 Å². The smallest absolute Gasteiger partial charge is 0.315 e. The Bertz CT molecular complexity index is 1690. The fourth-order valence-corrected chi connectivity index (χ4v) is 11.5. The molecule has 5 aliphatic rings. The first-order chi connectivity index (χ1) is 29.3. The standard InChI is InChI=1S/C53H77N3O4/c1-4-6-8-10-12-14-27-56(28-15-13-11-9-7-5-2)37-49-39(3)50(46-21-19-40(38-57)20-22-46)60-51(59-49)47-25-23-45(24-26-47)48-18-16-17-41(32-48)36-54-52(58)55-53-33-42-29-43(34-53)31-44(30-42)35-53/h16-26,32,39,42-44,49-51,57H,4-15,27-31,33-38H2,1-3H3,(H2,54,55,58)/t39-,42?,43?,44?,49+,50+,51+,53?/m1/s1. The SMILES string of the molecule is CCCCCCCCN(CCCCCCCC)C[C@@H]1O[C@H](c2ccc(-c3cccc(CNC(=O)NC45CC6CC(CC(C6)C4)C5)c3)cc2)O[C@H](c2ccc(CO)cc2)[C@@H]1C. The summed E-state index contributed by atoms with van der Waals surface area (Å²) >= 11 is 0. The maximum absolute atomic E-state index is 13.2. The second kappa shape index (κ2) is 22.2. The van der Waals surface area contributed by atoms with Gasteiger partial charge in [0, 0.05) is 30.1 Å². The zero-order valence-electron chi connectivity index (χ0n) is 37.4. The van der Waals surface area contributed by atoms with Gasteiger partial charge in [-0.3, -0.25) is 0 Å². The number of ether oxygens (including phenoxy) is 2. The summed E-state index contributed by atoms with van der Waals surface area (Å²) in [6.45, 7) is 10.5. The lowest BCUT2D eigenvalue weighted by Gasteiger charge is -2.56. The van der Waals surface area contributed by atoms with Gasteiger partial charge in [0.1, 0.15) is 0 Å². The molecule has 4 bridgehead atoms. The monoisotopic (exact) mass is 820 g/mol. The summed E-state index contributed by atoms with van der Waals surface area (Å²) in [6.07, 6.45) is 22.6. The number of carbonyl (C=O) groups excluding carboxylic acids is 1. The predicted octanol–water partition coefficient (Wildman–Crippen LogP) is 12.4. The van der Waals surface area contributed by atoms with Crippen molar-refractivity contribution in [3.05, 3.63) is 95.1 Å². The van der Waals surface area contributed by atoms with Crippen LogP contribution < -0.4 is 10.6 Å². The average molecular weight is 820 g/mol. The molecule has 3 aromatic rings. The molecule has 4 atom stereocenters. The van der Waals surface area contributed by atoms with Crippen LogP contribution >= 0.6 is 0 Å². The van der Waals surface area contributed by atoms with Gasteiger partial charge in [-0.25, -0.2) is 4.79 Å². The molecular formula is C53H77N3O4. The first-order valence-corrected chi connectivity index (χ1v) is 24.3. The second-order valence-corrected chi connectivity index (χ2v) is 19.5. The van der Waals surface area contributed by atoms with Gasteiger partial charge in [0.25, 0.3) is 0 Å². The van der Waals surface area contributed by atoms with Gasteiger partial charge in [-0.15, -0.1) is 0 Å². The molecule has 1 aliphatic heterocycles. The Kier molecular flexibility index (Phi) is 16.6. The summed E-state index contributed by atoms with van der Waals surface area (Å²) in [7, 11) is 0. The molecule has 7 heteroatoms. The number of nitrogens with one attached hydrogen (secondary N) is 2. The summed E-state index contributed by atoms with van der Waals surface area (Å²) in [5, 5.41) is 16.4. The number of rotatable bonds is 23. The molecule has 7 nitrogen and oxygen atoms in total. The molecule has 3 aromatic carbocycles. The Labute approximate surface area is 362 Å². The molecule has 1 heterocycles. The van der Waals surface area contributed by atoms with Crippen molar-refractivity contribution in [1.82, 2.24) is 15.5 Å². The summed E-state index contributed by atoms with van der Waals surface area (Å²) in [5.74, 6) is 2.56. The molecule has 0 unspecified atom stereocenters. The predicted molar refractivity (Wildman–Crippen MR) is 244 cm³/mol. The summed E-state index contributed by atoms with van der Waals surface area (Å²) < 4.78 is 13.9. The number of benzene rings is 3. The van der Waals surface area contributed by atoms with Crippen LogP contribution in [0.5, 0.6) is 0 Å². The van der Waals surface area contributed by atoms with Gasteiger partial charge < -0.3 is 30.1 Å². The Hall–Kier alpha value is -3.23. The molecular weight excluding hydrogens is 743 g/mol. The van der Waals surface area contributed by atoms with Crippen molar-refractivity contribution in [2.45, 2.75) is 174 Å². The number of amides is 2. The summed E-state index contributed by atoms with van der Waals surface area (Å²) in [5.41, 5.74) is 6.41. The lowest BCUT2D eigenvalue weighted by molar-refractivity contribution is -0.276. The number of unbranched alkanes of at least 4 members (excludes halogenated alkanes) is 10. The van der Waals surface area contributed by atoms with E-state index in [-0.39, 0.29) is 36.3 Å². The minimum Gasteiger partial charge on any atom is -0.392 e. The Morgan fingerprint density at radius 2 is 1.28 bits per heavy atom. The van der Waals surface area contributed by atoms with E-state index in [1.165, 1.54) is 96.3 Å². The van der Waals surface area contributed by atoms with E-state index < -0.39 is 6.29 Å². The van der Waals surface area contributed by atoms with E-state index in [0.717, 1.165) is 90.0 Å². The van der Waals surface area contributed by atoms with E-state index in [1.54, 1.807) is 0 Å². The van der Waals surface area contributed by atoms with Crippen molar-refractivity contribution in [3.63, 3.8) is 0 Å². The highest BCUT2D eigenvalue weighted by atomic mass is 16.7. The average Bonchev–Trinajstić information content (AvgIpc) is 3.25. The largest absolute Gasteiger partial charge is 0.392 e. The van der Waals surface area contributed by atoms with Crippen LogP contribution in [0.4, 0.5) is 4.79 Å². The Morgan fingerprint density at radius 3 is 1.88 bits per heavy atom. The van der Waals surface area contributed by atoms with Crippen LogP contribution in [-0.4, -0.2) is 47.3 Å². The van der Waals surface area contributed by atoms with Gasteiger partial charge >= 0.3 is 6.03 Å². The molecule has 2 amide bonds. The maximum atomic E-state index is 13.2. The summed E-state index contributed by atoms with van der Waals surface area (Å²) in [6, 6.07) is 25.4. The first kappa shape index (κ1) is 44.8. The number of nitrogens with zero attached hydrogens (tertiary/aromatic N) is 1. The molecule has 8 rings (SSSR count). The molecule has 0 radical (unpaired) electrons. The minimum absolute atomic E-state index is 0.00968. The van der Waals surface area contributed by atoms with Gasteiger partial charge in [0.05, 0.1) is 18.8 Å². The van der Waals surface area contributed by atoms with Gasteiger partial charge in [-0.05, 0) is 116 Å². The van der Waals surface area contributed by atoms with Crippen molar-refractivity contribution in [2.75, 3.05) is 19.6 Å². The van der Waals surface area contributed by atoms with Gasteiger partial charge in [-0.1, -0.05) is 152 Å². The maximum Gasteiger partial charge on any atom is 0.315 e. The highest BCUT2D eigenvalue weighted by Crippen LogP contribution is 2.55. The van der Waals surface area contributed by atoms with Gasteiger partial charge in [-0.2, -0.15) is 0 Å². The molecule has 4 aliphatic carbocycles. The van der Waals surface area contributed by atoms with Crippen LogP contribution in [-0.2, 0) is 22.6 Å². The lowest BCUT2D eigenvalue weighted by atomic mass is 9.53. The van der Waals surface area contributed by atoms with E-state index in [4.69, 9.17) is 9.47 Å². The molecule has 0 spiro atoms. The number of aliphatic hydroxyl groups is 1. The zero-order valence-corrected chi connectivity index (χ0v) is 37.4. The molecule has 60 heavy (non-hydrogen) atoms. The number of hydrogen-bond donors (Lipinski definition) is 3. The third kappa shape index (κ3) is 12.2. The second-order valence-electron chi connectivity index (χ2n) is 19.5. The van der Waals surface area contributed by atoms with E-state index in [9.17, 15) is 9.90 Å². The third-order valence-corrected chi connectivity index (χ3v) is 14.5. The fraction of sp³-hybridized carbons (Fsp3) is 0.642. The Morgan fingerprint density at radius 1 is 0.700 bits per heavy atom. The van der Waals surface area contributed by atoms with Crippen molar-refractivity contribution in [3.8, 4) is 11.1 Å². The molecule has 0 aromatic heterocycles. The fourth-order valence-electron chi connectivity index (χ4n) is 11.5. The van der Waals surface area contributed by atoms with Crippen molar-refractivity contribution < 1.29 is 19.4 Å². The number of hydrogen-bond acceptors (Lipinski definition) is 5. The van der Waals surface area contributed by atoms with Crippen molar-refractivity contribution >= 4 is 6.03 Å². The zero-order chi connectivity index (χ0) is 41.7. The van der Waals surface area contributed by atoms with E-state index in [0.29, 0.717) is 6.54 Å². The quantitative estimate of drug-likeness (QED) is 0.0830. The Balaban J connectivity index is 1.00. The molecule has 5 fully saturated rings. The van der Waals surface area contributed by atoms with Crippen LogP contribution in [0.15, 0.2) is 72.8 Å². The van der Waals surface area contributed by atoms with E-state index in [2.05, 4.69) is 97.0 Å². The first-order valence-electron chi connectivity index (χ1n) is 24.3. The lowest BCUT2D eigenvalue weighted by Crippen LogP contribution is -2.61. The topological polar surface area (TPSA) is 83.1 Å². The molecule has 1 saturated heterocycles. The van der Waals surface area contributed by atoms with E-state index >= 15 is 0 Å². The number of aliphatic hydroxyl groups excluding tert-OH is 1. The van der Waals surface area contributed by atoms with Crippen LogP contribution in [0.1, 0.15) is 171 Å². The van der Waals surface area contributed by atoms with E-state index in [1.807, 2.05) is 12.1 Å². The van der Waals surface area contributed by atoms with Crippen molar-refractivity contribution in [1.29, 1.82) is 0 Å². The highest BCUT2D eigenvalue weighted by Gasteiger charge is 2.51. The van der Waals surface area contributed by atoms with Gasteiger partial charge in [0.2, 0.25) is 0 Å². The van der Waals surface area contributed by atoms with Crippen LogP contribution in [0.25, 0.3) is 11.1 Å². The van der Waals surface area contributed by atoms with Gasteiger partial charge in [0.15, 0.2) is 6.29 Å². The third-order valence-electron chi connectivity index (χ3n) is 14.5. The summed E-state index contributed by atoms with van der Waals surface area (Å²) in [4.78, 5) is 15.9. The van der Waals surface area contributed by atoms with Crippen LogP contribution in [0.3, 0.4) is 0 Å². The molecule has 4 saturated carbocycles. The molecule has 3 N–H and O–H groups in total. The normalized spacial score (nSPS) is 27.1.